The number of primary amides is 1. The van der Waals surface area contributed by atoms with Crippen molar-refractivity contribution in [2.24, 2.45) is 5.73 Å². The zero-order chi connectivity index (χ0) is 16.2. The maximum absolute atomic E-state index is 13.0. The third-order valence-electron chi connectivity index (χ3n) is 3.01. The van der Waals surface area contributed by atoms with Gasteiger partial charge in [0.25, 0.3) is 10.0 Å². The number of sulfonamides is 1. The number of halogens is 1. The summed E-state index contributed by atoms with van der Waals surface area (Å²) in [6, 6.07) is 12.8. The van der Waals surface area contributed by atoms with Crippen LogP contribution in [0.3, 0.4) is 0 Å². The third-order valence-corrected chi connectivity index (χ3v) is 4.85. The first kappa shape index (κ1) is 16.0. The van der Waals surface area contributed by atoms with Crippen molar-refractivity contribution in [1.29, 1.82) is 0 Å². The first-order chi connectivity index (χ1) is 10.4. The monoisotopic (exact) mass is 322 g/mol. The average molecular weight is 322 g/mol. The average Bonchev–Trinajstić information content (AvgIpc) is 2.49. The van der Waals surface area contributed by atoms with Crippen LogP contribution in [-0.4, -0.2) is 20.9 Å². The molecule has 0 aliphatic carbocycles. The molecule has 2 aromatic carbocycles. The van der Waals surface area contributed by atoms with Crippen LogP contribution in [0.5, 0.6) is 0 Å². The summed E-state index contributed by atoms with van der Waals surface area (Å²) in [7, 11) is -3.86. The van der Waals surface area contributed by atoms with E-state index in [2.05, 4.69) is 0 Å². The van der Waals surface area contributed by atoms with Crippen LogP contribution in [0.1, 0.15) is 6.42 Å². The fourth-order valence-electron chi connectivity index (χ4n) is 1.93. The minimum absolute atomic E-state index is 0.0868. The van der Waals surface area contributed by atoms with Crippen molar-refractivity contribution in [3.8, 4) is 0 Å². The van der Waals surface area contributed by atoms with Gasteiger partial charge in [0, 0.05) is 13.0 Å². The minimum Gasteiger partial charge on any atom is -0.370 e. The molecule has 1 amide bonds. The van der Waals surface area contributed by atoms with Crippen molar-refractivity contribution in [1.82, 2.24) is 0 Å². The molecule has 2 aromatic rings. The molecule has 0 fully saturated rings. The lowest BCUT2D eigenvalue weighted by atomic mass is 10.3. The number of nitrogens with two attached hydrogens (primary N) is 1. The summed E-state index contributed by atoms with van der Waals surface area (Å²) >= 11 is 0. The molecule has 7 heteroatoms. The summed E-state index contributed by atoms with van der Waals surface area (Å²) in [5.74, 6) is -1.09. The molecule has 116 valence electrons. The largest absolute Gasteiger partial charge is 0.370 e. The van der Waals surface area contributed by atoms with E-state index in [0.717, 1.165) is 16.4 Å². The number of nitrogens with zero attached hydrogens (tertiary/aromatic N) is 1. The Bertz CT molecular complexity index is 746. The van der Waals surface area contributed by atoms with Crippen LogP contribution in [-0.2, 0) is 14.8 Å². The molecular weight excluding hydrogens is 307 g/mol. The van der Waals surface area contributed by atoms with Crippen LogP contribution in [0.4, 0.5) is 10.1 Å². The maximum atomic E-state index is 13.0. The molecule has 0 atom stereocenters. The van der Waals surface area contributed by atoms with Gasteiger partial charge in [-0.05, 0) is 36.4 Å². The molecule has 0 bridgehead atoms. The highest BCUT2D eigenvalue weighted by atomic mass is 32.2. The number of carbonyl (C=O) groups is 1. The van der Waals surface area contributed by atoms with Gasteiger partial charge in [-0.1, -0.05) is 18.2 Å². The quantitative estimate of drug-likeness (QED) is 0.882. The van der Waals surface area contributed by atoms with Crippen molar-refractivity contribution in [2.75, 3.05) is 10.8 Å². The second kappa shape index (κ2) is 6.57. The summed E-state index contributed by atoms with van der Waals surface area (Å²) in [4.78, 5) is 11.1. The SMILES string of the molecule is NC(=O)CCN(c1ccc(F)cc1)S(=O)(=O)c1ccccc1. The number of benzene rings is 2. The molecule has 0 unspecified atom stereocenters. The van der Waals surface area contributed by atoms with Gasteiger partial charge in [-0.2, -0.15) is 0 Å². The van der Waals surface area contributed by atoms with Crippen LogP contribution in [0.2, 0.25) is 0 Å². The Morgan fingerprint density at radius 1 is 1.05 bits per heavy atom. The van der Waals surface area contributed by atoms with E-state index in [1.54, 1.807) is 18.2 Å². The smallest absolute Gasteiger partial charge is 0.264 e. The molecule has 0 spiro atoms. The molecule has 0 aliphatic heterocycles. The summed E-state index contributed by atoms with van der Waals surface area (Å²) < 4.78 is 39.5. The van der Waals surface area contributed by atoms with E-state index < -0.39 is 21.7 Å². The van der Waals surface area contributed by atoms with Crippen LogP contribution in [0.25, 0.3) is 0 Å². The second-order valence-corrected chi connectivity index (χ2v) is 6.45. The molecule has 2 rings (SSSR count). The number of hydrogen-bond donors (Lipinski definition) is 1. The van der Waals surface area contributed by atoms with Gasteiger partial charge in [0.2, 0.25) is 5.91 Å². The lowest BCUT2D eigenvalue weighted by molar-refractivity contribution is -0.117. The Kier molecular flexibility index (Phi) is 4.77. The number of hydrogen-bond acceptors (Lipinski definition) is 3. The lowest BCUT2D eigenvalue weighted by Crippen LogP contribution is -2.34. The first-order valence-electron chi connectivity index (χ1n) is 6.53. The summed E-state index contributed by atoms with van der Waals surface area (Å²) in [6.45, 7) is -0.113. The van der Waals surface area contributed by atoms with Gasteiger partial charge in [-0.25, -0.2) is 12.8 Å². The van der Waals surface area contributed by atoms with Crippen LogP contribution < -0.4 is 10.0 Å². The van der Waals surface area contributed by atoms with Crippen LogP contribution in [0.15, 0.2) is 59.5 Å². The normalized spacial score (nSPS) is 11.1. The predicted octanol–water partition coefficient (Wildman–Crippen LogP) is 1.90. The third kappa shape index (κ3) is 3.62. The van der Waals surface area contributed by atoms with Crippen molar-refractivity contribution in [3.05, 3.63) is 60.4 Å². The van der Waals surface area contributed by atoms with E-state index in [4.69, 9.17) is 5.73 Å². The summed E-state index contributed by atoms with van der Waals surface area (Å²) in [6.07, 6.45) is -0.135. The van der Waals surface area contributed by atoms with Gasteiger partial charge >= 0.3 is 0 Å². The summed E-state index contributed by atoms with van der Waals surface area (Å²) in [5.41, 5.74) is 5.37. The van der Waals surface area contributed by atoms with Gasteiger partial charge in [-0.3, -0.25) is 9.10 Å². The Hall–Kier alpha value is -2.41. The number of rotatable bonds is 6. The van der Waals surface area contributed by atoms with E-state index >= 15 is 0 Å². The minimum atomic E-state index is -3.86. The van der Waals surface area contributed by atoms with Crippen LogP contribution >= 0.6 is 0 Å². The van der Waals surface area contributed by atoms with Gasteiger partial charge in [0.1, 0.15) is 5.82 Å². The number of anilines is 1. The molecule has 0 saturated carbocycles. The Balaban J connectivity index is 2.43. The predicted molar refractivity (Wildman–Crippen MR) is 81.2 cm³/mol. The molecule has 0 aromatic heterocycles. The topological polar surface area (TPSA) is 80.5 Å². The molecule has 0 radical (unpaired) electrons. The van der Waals surface area contributed by atoms with E-state index in [0.29, 0.717) is 0 Å². The second-order valence-electron chi connectivity index (χ2n) is 4.58. The lowest BCUT2D eigenvalue weighted by Gasteiger charge is -2.24. The molecule has 5 nitrogen and oxygen atoms in total. The van der Waals surface area contributed by atoms with Crippen molar-refractivity contribution in [3.63, 3.8) is 0 Å². The highest BCUT2D eigenvalue weighted by Crippen LogP contribution is 2.24. The maximum Gasteiger partial charge on any atom is 0.264 e. The number of amides is 1. The van der Waals surface area contributed by atoms with Crippen LogP contribution in [0, 0.1) is 5.82 Å². The standard InChI is InChI=1S/C15H15FN2O3S/c16-12-6-8-13(9-7-12)18(11-10-15(17)19)22(20,21)14-4-2-1-3-5-14/h1-9H,10-11H2,(H2,17,19). The van der Waals surface area contributed by atoms with Gasteiger partial charge < -0.3 is 5.73 Å². The van der Waals surface area contributed by atoms with E-state index in [1.807, 2.05) is 0 Å². The molecular formula is C15H15FN2O3S. The van der Waals surface area contributed by atoms with Gasteiger partial charge in [0.15, 0.2) is 0 Å². The molecule has 0 saturated heterocycles. The Morgan fingerprint density at radius 2 is 1.64 bits per heavy atom. The van der Waals surface area contributed by atoms with Gasteiger partial charge in [0.05, 0.1) is 10.6 Å². The Morgan fingerprint density at radius 3 is 2.18 bits per heavy atom. The van der Waals surface area contributed by atoms with Crippen molar-refractivity contribution in [2.45, 2.75) is 11.3 Å². The van der Waals surface area contributed by atoms with Crippen molar-refractivity contribution < 1.29 is 17.6 Å². The fourth-order valence-corrected chi connectivity index (χ4v) is 3.41. The Labute approximate surface area is 128 Å². The van der Waals surface area contributed by atoms with Crippen molar-refractivity contribution >= 4 is 21.6 Å². The van der Waals surface area contributed by atoms with E-state index in [1.165, 1.54) is 24.3 Å². The van der Waals surface area contributed by atoms with E-state index in [9.17, 15) is 17.6 Å². The fraction of sp³-hybridized carbons (Fsp3) is 0.133. The number of carbonyl (C=O) groups excluding carboxylic acids is 1. The molecule has 2 N–H and O–H groups in total. The first-order valence-corrected chi connectivity index (χ1v) is 7.97. The highest BCUT2D eigenvalue weighted by molar-refractivity contribution is 7.92. The van der Waals surface area contributed by atoms with Gasteiger partial charge in [-0.15, -0.1) is 0 Å². The van der Waals surface area contributed by atoms with E-state index in [-0.39, 0.29) is 23.5 Å². The molecule has 22 heavy (non-hydrogen) atoms. The summed E-state index contributed by atoms with van der Waals surface area (Å²) in [5, 5.41) is 0. The molecule has 0 aliphatic rings. The zero-order valence-corrected chi connectivity index (χ0v) is 12.5. The zero-order valence-electron chi connectivity index (χ0n) is 11.6. The highest BCUT2D eigenvalue weighted by Gasteiger charge is 2.25. The molecule has 0 heterocycles.